The molecule has 1 unspecified atom stereocenters. The summed E-state index contributed by atoms with van der Waals surface area (Å²) < 4.78 is 24.4. The molecule has 0 aromatic heterocycles. The second-order valence-corrected chi connectivity index (χ2v) is 14.9. The topological polar surface area (TPSA) is 180 Å². The van der Waals surface area contributed by atoms with Gasteiger partial charge in [-0.3, -0.25) is 9.59 Å². The maximum absolute atomic E-state index is 14.1. The molecule has 13 atom stereocenters. The summed E-state index contributed by atoms with van der Waals surface area (Å²) in [6.45, 7) is 11.2. The third-order valence-corrected chi connectivity index (χ3v) is 10.5. The Balaban J connectivity index is 2.18. The summed E-state index contributed by atoms with van der Waals surface area (Å²) in [6.07, 6.45) is -6.47. The zero-order valence-electron chi connectivity index (χ0n) is 30.8. The van der Waals surface area contributed by atoms with Crippen molar-refractivity contribution < 1.29 is 49.0 Å². The number of nitrogens with zero attached hydrogens (tertiary/aromatic N) is 3. The Hall–Kier alpha value is -2.33. The number of carbonyl (C=O) groups is 2. The minimum atomic E-state index is -2.16. The van der Waals surface area contributed by atoms with E-state index in [0.29, 0.717) is 17.0 Å². The van der Waals surface area contributed by atoms with Crippen LogP contribution in [0.25, 0.3) is 0 Å². The number of ketones is 1. The Morgan fingerprint density at radius 3 is 2.26 bits per heavy atom. The fourth-order valence-corrected chi connectivity index (χ4v) is 7.09. The largest absolute Gasteiger partial charge is 0.459 e. The summed E-state index contributed by atoms with van der Waals surface area (Å²) >= 11 is 6.01. The fourth-order valence-electron chi connectivity index (χ4n) is 6.97. The number of hydrogen-bond acceptors (Lipinski definition) is 13. The molecule has 13 nitrogen and oxygen atoms in total. The van der Waals surface area contributed by atoms with Crippen LogP contribution < -0.4 is 0 Å². The fraction of sp³-hybridized carbons (Fsp3) is 0.722. The molecule has 0 aliphatic carbocycles. The molecule has 3 rings (SSSR count). The first-order valence-electron chi connectivity index (χ1n) is 17.2. The molecule has 1 aromatic rings. The van der Waals surface area contributed by atoms with E-state index in [9.17, 15) is 30.0 Å². The lowest BCUT2D eigenvalue weighted by Gasteiger charge is -2.47. The number of Topliss-reactive ketones (excluding diaryl/α,β-unsaturated/α-hetero) is 1. The Morgan fingerprint density at radius 2 is 1.70 bits per heavy atom. The van der Waals surface area contributed by atoms with Gasteiger partial charge in [0.2, 0.25) is 0 Å². The van der Waals surface area contributed by atoms with Crippen molar-refractivity contribution in [3.63, 3.8) is 0 Å². The van der Waals surface area contributed by atoms with Gasteiger partial charge < -0.3 is 44.3 Å². The standard InChI is InChI=1S/C36H56ClN3O10/c1-11-26-36(7,46)31(44)30(43)27(39-38-18-23-12-14-24(37)15-13-23)19(2)17-35(6,47-10)32(21(4)28(41)22(5)33(45)49-26)50-34-29(42)25(40(8)9)16-20(3)48-34/h12-15,18-22,25-26,29-32,34,42-44,46H,11,16-17H2,1-10H3/b38-18-,39-27-/t19-,20-,21+,22-,25+,26-,29-,30+,31-,32?,34+,35-,36-/m1/s1. The number of esters is 1. The second-order valence-electron chi connectivity index (χ2n) is 14.4. The molecule has 0 saturated carbocycles. The summed E-state index contributed by atoms with van der Waals surface area (Å²) in [7, 11) is 5.14. The van der Waals surface area contributed by atoms with Crippen molar-refractivity contribution in [2.45, 2.75) is 128 Å². The predicted octanol–water partition coefficient (Wildman–Crippen LogP) is 3.01. The lowest BCUT2D eigenvalue weighted by molar-refractivity contribution is -0.295. The predicted molar refractivity (Wildman–Crippen MR) is 189 cm³/mol. The average molecular weight is 726 g/mol. The van der Waals surface area contributed by atoms with E-state index in [1.54, 1.807) is 52.0 Å². The molecule has 2 aliphatic rings. The molecule has 2 heterocycles. The minimum Gasteiger partial charge on any atom is -0.459 e. The van der Waals surface area contributed by atoms with Gasteiger partial charge >= 0.3 is 5.97 Å². The number of benzene rings is 1. The Morgan fingerprint density at radius 1 is 1.08 bits per heavy atom. The van der Waals surface area contributed by atoms with E-state index >= 15 is 0 Å². The normalized spacial score (nSPS) is 40.6. The van der Waals surface area contributed by atoms with Crippen LogP contribution in [-0.2, 0) is 28.5 Å². The van der Waals surface area contributed by atoms with Crippen molar-refractivity contribution in [1.82, 2.24) is 4.90 Å². The average Bonchev–Trinajstić information content (AvgIpc) is 3.07. The van der Waals surface area contributed by atoms with Crippen LogP contribution >= 0.6 is 11.6 Å². The number of methoxy groups -OCH3 is 1. The van der Waals surface area contributed by atoms with E-state index in [0.717, 1.165) is 0 Å². The van der Waals surface area contributed by atoms with Gasteiger partial charge in [-0.1, -0.05) is 44.5 Å². The maximum atomic E-state index is 14.1. The molecular weight excluding hydrogens is 670 g/mol. The smallest absolute Gasteiger partial charge is 0.316 e. The molecule has 0 radical (unpaired) electrons. The zero-order chi connectivity index (χ0) is 37.7. The van der Waals surface area contributed by atoms with Crippen LogP contribution in [0.4, 0.5) is 0 Å². The third kappa shape index (κ3) is 9.55. The van der Waals surface area contributed by atoms with Crippen molar-refractivity contribution in [1.29, 1.82) is 0 Å². The van der Waals surface area contributed by atoms with Crippen LogP contribution in [0.15, 0.2) is 34.5 Å². The summed E-state index contributed by atoms with van der Waals surface area (Å²) in [5.41, 5.74) is -2.84. The third-order valence-electron chi connectivity index (χ3n) is 10.3. The van der Waals surface area contributed by atoms with Crippen molar-refractivity contribution in [2.75, 3.05) is 21.2 Å². The van der Waals surface area contributed by atoms with Crippen LogP contribution in [0, 0.1) is 17.8 Å². The first kappa shape index (κ1) is 42.1. The van der Waals surface area contributed by atoms with Gasteiger partial charge in [-0.05, 0) is 78.7 Å². The highest BCUT2D eigenvalue weighted by atomic mass is 35.5. The first-order chi connectivity index (χ1) is 23.3. The van der Waals surface area contributed by atoms with Crippen LogP contribution in [0.5, 0.6) is 0 Å². The van der Waals surface area contributed by atoms with E-state index in [1.165, 1.54) is 27.2 Å². The number of aliphatic hydroxyl groups is 4. The molecule has 4 N–H and O–H groups in total. The quantitative estimate of drug-likeness (QED) is 0.141. The molecular formula is C36H56ClN3O10. The molecule has 1 aromatic carbocycles. The van der Waals surface area contributed by atoms with Crippen molar-refractivity contribution >= 4 is 35.3 Å². The SMILES string of the molecule is CC[C@H]1OC(=O)[C@H](C)C(=O)[C@H](C)C(O[C@@H]2O[C@H](C)C[C@H](N(C)C)[C@H]2O)[C@](C)(OC)C[C@@H](C)/C(=N/N=C\c2ccc(Cl)cc2)[C@H](O)[C@@H](O)[C@]1(C)O. The van der Waals surface area contributed by atoms with Gasteiger partial charge in [0.05, 0.1) is 29.7 Å². The number of carbonyl (C=O) groups excluding carboxylic acids is 2. The number of cyclic esters (lactones) is 1. The monoisotopic (exact) mass is 725 g/mol. The molecule has 2 aliphatic heterocycles. The maximum Gasteiger partial charge on any atom is 0.316 e. The zero-order valence-corrected chi connectivity index (χ0v) is 31.6. The summed E-state index contributed by atoms with van der Waals surface area (Å²) in [6, 6.07) is 6.52. The van der Waals surface area contributed by atoms with Gasteiger partial charge in [0, 0.05) is 30.0 Å². The van der Waals surface area contributed by atoms with Gasteiger partial charge in [0.1, 0.15) is 35.9 Å². The van der Waals surface area contributed by atoms with Gasteiger partial charge in [0.15, 0.2) is 12.1 Å². The lowest BCUT2D eigenvalue weighted by atomic mass is 9.75. The highest BCUT2D eigenvalue weighted by molar-refractivity contribution is 6.30. The number of aliphatic hydroxyl groups excluding tert-OH is 3. The molecule has 0 spiro atoms. The first-order valence-corrected chi connectivity index (χ1v) is 17.6. The highest BCUT2D eigenvalue weighted by Crippen LogP contribution is 2.38. The van der Waals surface area contributed by atoms with E-state index < -0.39 is 77.5 Å². The van der Waals surface area contributed by atoms with E-state index in [1.807, 2.05) is 25.9 Å². The number of hydrogen-bond donors (Lipinski definition) is 4. The van der Waals surface area contributed by atoms with E-state index in [2.05, 4.69) is 10.2 Å². The number of halogens is 1. The lowest BCUT2D eigenvalue weighted by Crippen LogP contribution is -2.60. The van der Waals surface area contributed by atoms with Crippen LogP contribution in [0.3, 0.4) is 0 Å². The van der Waals surface area contributed by atoms with Crippen molar-refractivity contribution in [2.24, 2.45) is 28.0 Å². The van der Waals surface area contributed by atoms with E-state index in [-0.39, 0.29) is 30.7 Å². The summed E-state index contributed by atoms with van der Waals surface area (Å²) in [4.78, 5) is 29.4. The van der Waals surface area contributed by atoms with E-state index in [4.69, 9.17) is 30.5 Å². The Bertz CT molecular complexity index is 1360. The van der Waals surface area contributed by atoms with Crippen molar-refractivity contribution in [3.05, 3.63) is 34.9 Å². The molecule has 50 heavy (non-hydrogen) atoms. The molecule has 2 saturated heterocycles. The Kier molecular flexibility index (Phi) is 14.7. The van der Waals surface area contributed by atoms with Crippen LogP contribution in [0.1, 0.15) is 73.3 Å². The second kappa shape index (κ2) is 17.5. The molecule has 14 heteroatoms. The van der Waals surface area contributed by atoms with Gasteiger partial charge in [-0.15, -0.1) is 0 Å². The van der Waals surface area contributed by atoms with Gasteiger partial charge in [-0.2, -0.15) is 10.2 Å². The molecule has 282 valence electrons. The summed E-state index contributed by atoms with van der Waals surface area (Å²) in [5, 5.41) is 55.1. The Labute approximate surface area is 300 Å². The highest BCUT2D eigenvalue weighted by Gasteiger charge is 2.52. The van der Waals surface area contributed by atoms with Crippen molar-refractivity contribution in [3.8, 4) is 0 Å². The molecule has 2 fully saturated rings. The number of likely N-dealkylation sites (N-methyl/N-ethyl adjacent to an activating group) is 1. The van der Waals surface area contributed by atoms with Crippen LogP contribution in [0.2, 0.25) is 5.02 Å². The van der Waals surface area contributed by atoms with Gasteiger partial charge in [0.25, 0.3) is 0 Å². The number of rotatable bonds is 7. The van der Waals surface area contributed by atoms with Crippen LogP contribution in [-0.4, -0.2) is 130 Å². The van der Waals surface area contributed by atoms with Gasteiger partial charge in [-0.25, -0.2) is 0 Å². The summed E-state index contributed by atoms with van der Waals surface area (Å²) in [5.74, 6) is -4.44. The minimum absolute atomic E-state index is 0.00848. The molecule has 0 bridgehead atoms. The molecule has 0 amide bonds. The number of ether oxygens (including phenoxy) is 4.